The molecule has 1 saturated heterocycles. The molecular formula is C21H22FN9O3. The first-order chi connectivity index (χ1) is 16.5. The number of amides is 1. The van der Waals surface area contributed by atoms with Crippen LogP contribution in [0.5, 0.6) is 5.75 Å². The molecule has 13 heteroatoms. The van der Waals surface area contributed by atoms with Crippen molar-refractivity contribution in [3.05, 3.63) is 36.3 Å². The molecule has 3 aromatic rings. The minimum Gasteiger partial charge on any atom is -0.486 e. The predicted molar refractivity (Wildman–Crippen MR) is 117 cm³/mol. The highest BCUT2D eigenvalue weighted by molar-refractivity contribution is 5.77. The largest absolute Gasteiger partial charge is 0.486 e. The van der Waals surface area contributed by atoms with E-state index >= 15 is 0 Å². The third-order valence-corrected chi connectivity index (χ3v) is 5.28. The Morgan fingerprint density at radius 1 is 1.41 bits per heavy atom. The van der Waals surface area contributed by atoms with Gasteiger partial charge in [-0.2, -0.15) is 10.2 Å². The number of rotatable bonds is 7. The van der Waals surface area contributed by atoms with Crippen molar-refractivity contribution in [2.24, 2.45) is 0 Å². The maximum absolute atomic E-state index is 14.6. The second kappa shape index (κ2) is 10.2. The van der Waals surface area contributed by atoms with Crippen molar-refractivity contribution in [2.75, 3.05) is 25.0 Å². The Morgan fingerprint density at radius 2 is 2.26 bits per heavy atom. The molecule has 1 aliphatic rings. The highest BCUT2D eigenvalue weighted by Gasteiger charge is 2.33. The summed E-state index contributed by atoms with van der Waals surface area (Å²) in [7, 11) is 0. The fourth-order valence-electron chi connectivity index (χ4n) is 3.49. The molecule has 2 atom stereocenters. The van der Waals surface area contributed by atoms with Crippen molar-refractivity contribution in [1.82, 2.24) is 34.8 Å². The van der Waals surface area contributed by atoms with Crippen LogP contribution in [0, 0.1) is 11.3 Å². The maximum atomic E-state index is 14.6. The molecule has 0 bridgehead atoms. The van der Waals surface area contributed by atoms with E-state index in [1.165, 1.54) is 11.2 Å². The van der Waals surface area contributed by atoms with Gasteiger partial charge < -0.3 is 20.1 Å². The third-order valence-electron chi connectivity index (χ3n) is 5.28. The Bertz CT molecular complexity index is 1210. The molecule has 1 fully saturated rings. The lowest BCUT2D eigenvalue weighted by Crippen LogP contribution is -2.50. The number of hydrogen-bond acceptors (Lipinski definition) is 10. The van der Waals surface area contributed by atoms with E-state index in [1.807, 2.05) is 6.92 Å². The topological polar surface area (TPSA) is 155 Å². The Morgan fingerprint density at radius 3 is 2.97 bits per heavy atom. The number of aryl methyl sites for hydroxylation is 1. The molecule has 12 nitrogen and oxygen atoms in total. The van der Waals surface area contributed by atoms with Crippen LogP contribution >= 0.6 is 0 Å². The molecule has 0 aliphatic carbocycles. The van der Waals surface area contributed by atoms with Crippen molar-refractivity contribution < 1.29 is 19.0 Å². The van der Waals surface area contributed by atoms with Gasteiger partial charge in [0.2, 0.25) is 11.9 Å². The van der Waals surface area contributed by atoms with Crippen molar-refractivity contribution in [3.8, 4) is 23.2 Å². The van der Waals surface area contributed by atoms with Crippen LogP contribution in [0.4, 0.5) is 16.2 Å². The van der Waals surface area contributed by atoms with Gasteiger partial charge in [-0.3, -0.25) is 9.48 Å². The zero-order valence-corrected chi connectivity index (χ0v) is 18.3. The van der Waals surface area contributed by atoms with Gasteiger partial charge in [0.25, 0.3) is 0 Å². The van der Waals surface area contributed by atoms with Gasteiger partial charge in [-0.1, -0.05) is 5.21 Å². The van der Waals surface area contributed by atoms with Gasteiger partial charge in [0.05, 0.1) is 18.3 Å². The van der Waals surface area contributed by atoms with E-state index in [-0.39, 0.29) is 36.8 Å². The van der Waals surface area contributed by atoms with Gasteiger partial charge in [-0.15, -0.1) is 5.10 Å². The van der Waals surface area contributed by atoms with E-state index in [1.54, 1.807) is 29.1 Å². The number of hydrogen-bond donors (Lipinski definition) is 2. The number of aromatic nitrogens is 6. The first-order valence-electron chi connectivity index (χ1n) is 10.6. The van der Waals surface area contributed by atoms with E-state index in [9.17, 15) is 14.4 Å². The fraction of sp³-hybridized carbons (Fsp3) is 0.381. The lowest BCUT2D eigenvalue weighted by atomic mass is 10.0. The number of alkyl halides is 1. The van der Waals surface area contributed by atoms with Crippen LogP contribution in [0.25, 0.3) is 11.4 Å². The van der Waals surface area contributed by atoms with Crippen LogP contribution in [0.2, 0.25) is 0 Å². The number of nitrogens with one attached hydrogen (secondary N) is 1. The molecular weight excluding hydrogens is 445 g/mol. The van der Waals surface area contributed by atoms with Crippen LogP contribution in [0.1, 0.15) is 18.9 Å². The first-order valence-corrected chi connectivity index (χ1v) is 10.6. The highest BCUT2D eigenvalue weighted by Crippen LogP contribution is 2.28. The number of ether oxygens (including phenoxy) is 1. The summed E-state index contributed by atoms with van der Waals surface area (Å²) in [6, 6.07) is 6.84. The minimum absolute atomic E-state index is 0.170. The van der Waals surface area contributed by atoms with Crippen molar-refractivity contribution in [1.29, 1.82) is 5.26 Å². The highest BCUT2D eigenvalue weighted by atomic mass is 19.1. The molecule has 3 heterocycles. The average Bonchev–Trinajstić information content (AvgIpc) is 3.32. The van der Waals surface area contributed by atoms with Crippen LogP contribution in [-0.2, 0) is 11.3 Å². The normalized spacial score (nSPS) is 17.8. The van der Waals surface area contributed by atoms with E-state index in [0.717, 1.165) is 0 Å². The standard InChI is InChI=1S/C21H22FN9O3/c1-2-31-10-18(28-29-31)26-21-25-12-24-20(27-21)13-3-4-16(14(7-13)8-23)34-17-5-6-30(9-15(17)22)19(33)11-32/h3-4,7,10,12,15,17,32H,2,5-6,9,11H2,1H3,(H,24,25,26,27). The molecule has 4 rings (SSSR count). The van der Waals surface area contributed by atoms with E-state index in [2.05, 4.69) is 36.7 Å². The SMILES string of the molecule is CCn1cc(Nc2ncnc(-c3ccc(OC4CCN(C(=O)CO)CC4F)c(C#N)c3)n2)nn1. The molecule has 0 spiro atoms. The lowest BCUT2D eigenvalue weighted by molar-refractivity contribution is -0.138. The van der Waals surface area contributed by atoms with Crippen LogP contribution in [0.3, 0.4) is 0 Å². The van der Waals surface area contributed by atoms with E-state index in [4.69, 9.17) is 9.84 Å². The first kappa shape index (κ1) is 23.0. The van der Waals surface area contributed by atoms with Crippen molar-refractivity contribution in [2.45, 2.75) is 32.2 Å². The fourth-order valence-corrected chi connectivity index (χ4v) is 3.49. The van der Waals surface area contributed by atoms with Crippen molar-refractivity contribution >= 4 is 17.7 Å². The Labute approximate surface area is 194 Å². The number of aliphatic hydroxyl groups excluding tert-OH is 1. The number of nitriles is 1. The number of nitrogens with zero attached hydrogens (tertiary/aromatic N) is 8. The van der Waals surface area contributed by atoms with E-state index < -0.39 is 24.8 Å². The number of halogens is 1. The zero-order chi connectivity index (χ0) is 24.1. The number of piperidine rings is 1. The van der Waals surface area contributed by atoms with Crippen LogP contribution in [0.15, 0.2) is 30.7 Å². The molecule has 34 heavy (non-hydrogen) atoms. The van der Waals surface area contributed by atoms with Gasteiger partial charge in [0.1, 0.15) is 30.9 Å². The Kier molecular flexibility index (Phi) is 6.88. The molecule has 0 saturated carbocycles. The second-order valence-corrected chi connectivity index (χ2v) is 7.50. The third kappa shape index (κ3) is 5.07. The second-order valence-electron chi connectivity index (χ2n) is 7.50. The number of carbonyl (C=O) groups is 1. The summed E-state index contributed by atoms with van der Waals surface area (Å²) in [5, 5.41) is 29.5. The summed E-state index contributed by atoms with van der Waals surface area (Å²) in [6.45, 7) is 2.04. The Balaban J connectivity index is 1.48. The number of anilines is 2. The molecule has 1 aliphatic heterocycles. The molecule has 2 unspecified atom stereocenters. The minimum atomic E-state index is -1.45. The monoisotopic (exact) mass is 467 g/mol. The lowest BCUT2D eigenvalue weighted by Gasteiger charge is -2.34. The molecule has 1 amide bonds. The summed E-state index contributed by atoms with van der Waals surface area (Å²) in [5.74, 6) is 0.765. The summed E-state index contributed by atoms with van der Waals surface area (Å²) in [5.41, 5.74) is 0.742. The van der Waals surface area contributed by atoms with Gasteiger partial charge >= 0.3 is 0 Å². The Hall–Kier alpha value is -4.18. The van der Waals surface area contributed by atoms with Gasteiger partial charge in [0.15, 0.2) is 17.8 Å². The molecule has 176 valence electrons. The summed E-state index contributed by atoms with van der Waals surface area (Å²) < 4.78 is 22.0. The summed E-state index contributed by atoms with van der Waals surface area (Å²) in [4.78, 5) is 25.5. The molecule has 2 aromatic heterocycles. The van der Waals surface area contributed by atoms with Gasteiger partial charge in [-0.05, 0) is 25.1 Å². The zero-order valence-electron chi connectivity index (χ0n) is 18.3. The number of aliphatic hydroxyl groups is 1. The molecule has 2 N–H and O–H groups in total. The maximum Gasteiger partial charge on any atom is 0.248 e. The number of benzene rings is 1. The summed E-state index contributed by atoms with van der Waals surface area (Å²) >= 11 is 0. The molecule has 1 aromatic carbocycles. The average molecular weight is 467 g/mol. The van der Waals surface area contributed by atoms with Gasteiger partial charge in [-0.25, -0.2) is 14.4 Å². The van der Waals surface area contributed by atoms with Gasteiger partial charge in [0, 0.05) is 25.1 Å². The predicted octanol–water partition coefficient (Wildman–Crippen LogP) is 1.08. The quantitative estimate of drug-likeness (QED) is 0.515. The van der Waals surface area contributed by atoms with Crippen LogP contribution in [-0.4, -0.2) is 77.8 Å². The smallest absolute Gasteiger partial charge is 0.248 e. The van der Waals surface area contributed by atoms with Crippen molar-refractivity contribution in [3.63, 3.8) is 0 Å². The summed E-state index contributed by atoms with van der Waals surface area (Å²) in [6.07, 6.45) is 1.03. The van der Waals surface area contributed by atoms with Crippen LogP contribution < -0.4 is 10.1 Å². The molecule has 0 radical (unpaired) electrons. The van der Waals surface area contributed by atoms with E-state index in [0.29, 0.717) is 23.8 Å². The number of likely N-dealkylation sites (tertiary alicyclic amines) is 1. The number of carbonyl (C=O) groups excluding carboxylic acids is 1.